The van der Waals surface area contributed by atoms with Crippen molar-refractivity contribution in [3.8, 4) is 11.3 Å². The van der Waals surface area contributed by atoms with Crippen molar-refractivity contribution < 1.29 is 30.8 Å². The Hall–Kier alpha value is -2.43. The number of hydrogen-bond acceptors (Lipinski definition) is 4. The quantitative estimate of drug-likeness (QED) is 0.632. The normalized spacial score (nSPS) is 22.1. The summed E-state index contributed by atoms with van der Waals surface area (Å²) in [6.45, 7) is 0. The van der Waals surface area contributed by atoms with Crippen LogP contribution >= 0.6 is 0 Å². The second-order valence-electron chi connectivity index (χ2n) is 8.64. The minimum Gasteiger partial charge on any atom is -0.309 e. The van der Waals surface area contributed by atoms with E-state index in [9.17, 15) is 30.8 Å². The summed E-state index contributed by atoms with van der Waals surface area (Å²) in [5, 5.41) is 6.89. The summed E-state index contributed by atoms with van der Waals surface area (Å²) in [4.78, 5) is 12.6. The molecule has 2 aliphatic carbocycles. The molecule has 0 unspecified atom stereocenters. The number of sulfone groups is 1. The Morgan fingerprint density at radius 1 is 1.19 bits per heavy atom. The highest BCUT2D eigenvalue weighted by molar-refractivity contribution is 7.90. The predicted octanol–water partition coefficient (Wildman–Crippen LogP) is 4.38. The van der Waals surface area contributed by atoms with Crippen LogP contribution in [-0.4, -0.2) is 42.2 Å². The van der Waals surface area contributed by atoms with E-state index in [0.29, 0.717) is 11.3 Å². The summed E-state index contributed by atoms with van der Waals surface area (Å²) in [5.74, 6) is -10.5. The monoisotopic (exact) mass is 473 g/mol. The average molecular weight is 473 g/mol. The first-order valence-electron chi connectivity index (χ1n) is 10.2. The molecule has 0 aliphatic heterocycles. The number of carbonyl (C=O) groups is 1. The number of nitrogens with zero attached hydrogens (tertiary/aromatic N) is 2. The van der Waals surface area contributed by atoms with Gasteiger partial charge in [-0.25, -0.2) is 8.42 Å². The van der Waals surface area contributed by atoms with Crippen LogP contribution in [0.4, 0.5) is 23.4 Å². The third kappa shape index (κ3) is 3.80. The Kier molecular flexibility index (Phi) is 5.38. The average Bonchev–Trinajstić information content (AvgIpc) is 2.94. The molecule has 4 rings (SSSR count). The molecule has 1 aromatic carbocycles. The summed E-state index contributed by atoms with van der Waals surface area (Å²) >= 11 is 0. The molecule has 1 amide bonds. The molecule has 1 atom stereocenters. The minimum absolute atomic E-state index is 0.0954. The lowest BCUT2D eigenvalue weighted by molar-refractivity contribution is -0.313. The molecule has 1 N–H and O–H groups in total. The number of halogens is 4. The van der Waals surface area contributed by atoms with Crippen LogP contribution < -0.4 is 5.32 Å². The third-order valence-corrected chi connectivity index (χ3v) is 7.47. The van der Waals surface area contributed by atoms with E-state index in [2.05, 4.69) is 10.4 Å². The summed E-state index contributed by atoms with van der Waals surface area (Å²) in [6, 6.07) is 6.27. The van der Waals surface area contributed by atoms with Crippen LogP contribution in [0.1, 0.15) is 43.6 Å². The highest BCUT2D eigenvalue weighted by Gasteiger charge is 2.71. The van der Waals surface area contributed by atoms with Crippen LogP contribution in [-0.2, 0) is 21.7 Å². The van der Waals surface area contributed by atoms with E-state index >= 15 is 0 Å². The zero-order valence-electron chi connectivity index (χ0n) is 17.5. The van der Waals surface area contributed by atoms with Gasteiger partial charge in [0.05, 0.1) is 10.6 Å². The Morgan fingerprint density at radius 2 is 1.81 bits per heavy atom. The summed E-state index contributed by atoms with van der Waals surface area (Å²) in [6.07, 6.45) is 2.07. The van der Waals surface area contributed by atoms with Gasteiger partial charge in [0.25, 0.3) is 0 Å². The van der Waals surface area contributed by atoms with Gasteiger partial charge in [-0.05, 0) is 30.9 Å². The van der Waals surface area contributed by atoms with Gasteiger partial charge in [-0.3, -0.25) is 9.48 Å². The molecule has 2 aromatic rings. The van der Waals surface area contributed by atoms with Crippen molar-refractivity contribution in [2.24, 2.45) is 13.0 Å². The number of aryl methyl sites for hydroxylation is 1. The van der Waals surface area contributed by atoms with Crippen LogP contribution in [0.25, 0.3) is 11.3 Å². The molecule has 0 radical (unpaired) electrons. The largest absolute Gasteiger partial charge is 0.313 e. The van der Waals surface area contributed by atoms with Crippen LogP contribution in [0, 0.1) is 5.92 Å². The van der Waals surface area contributed by atoms with E-state index in [-0.39, 0.29) is 16.6 Å². The molecule has 6 nitrogen and oxygen atoms in total. The fraction of sp³-hybridized carbons (Fsp3) is 0.524. The zero-order chi connectivity index (χ0) is 23.5. The molecule has 2 saturated carbocycles. The molecule has 2 fully saturated rings. The number of carbonyl (C=O) groups excluding carboxylic acids is 1. The van der Waals surface area contributed by atoms with E-state index in [0.717, 1.165) is 31.1 Å². The molecule has 0 spiro atoms. The summed E-state index contributed by atoms with van der Waals surface area (Å²) < 4.78 is 78.3. The number of amides is 1. The van der Waals surface area contributed by atoms with E-state index < -0.39 is 46.3 Å². The number of hydrogen-bond donors (Lipinski definition) is 1. The van der Waals surface area contributed by atoms with E-state index in [4.69, 9.17) is 0 Å². The second-order valence-corrected chi connectivity index (χ2v) is 10.7. The Morgan fingerprint density at radius 3 is 2.28 bits per heavy atom. The predicted molar refractivity (Wildman–Crippen MR) is 110 cm³/mol. The lowest BCUT2D eigenvalue weighted by atomic mass is 9.74. The zero-order valence-corrected chi connectivity index (χ0v) is 18.4. The number of aromatic nitrogens is 2. The molecule has 1 aromatic heterocycles. The van der Waals surface area contributed by atoms with Gasteiger partial charge >= 0.3 is 11.8 Å². The van der Waals surface area contributed by atoms with Crippen molar-refractivity contribution in [1.82, 2.24) is 9.78 Å². The molecular formula is C21H23F4N3O3S. The maximum Gasteiger partial charge on any atom is 0.313 e. The molecule has 0 bridgehead atoms. The third-order valence-electron chi connectivity index (χ3n) is 6.35. The first-order valence-corrected chi connectivity index (χ1v) is 12.1. The fourth-order valence-electron chi connectivity index (χ4n) is 4.27. The minimum atomic E-state index is -4.20. The van der Waals surface area contributed by atoms with Gasteiger partial charge in [0.2, 0.25) is 5.91 Å². The van der Waals surface area contributed by atoms with Crippen LogP contribution in [0.5, 0.6) is 0 Å². The Labute approximate surface area is 182 Å². The number of anilines is 1. The second kappa shape index (κ2) is 7.57. The number of benzene rings is 1. The molecule has 1 heterocycles. The van der Waals surface area contributed by atoms with E-state index in [1.54, 1.807) is 23.9 Å². The van der Waals surface area contributed by atoms with Crippen LogP contribution in [0.15, 0.2) is 29.2 Å². The van der Waals surface area contributed by atoms with Gasteiger partial charge in [-0.2, -0.15) is 22.7 Å². The van der Waals surface area contributed by atoms with E-state index in [1.807, 2.05) is 0 Å². The fourth-order valence-corrected chi connectivity index (χ4v) is 4.90. The van der Waals surface area contributed by atoms with Crippen molar-refractivity contribution in [3.05, 3.63) is 29.8 Å². The molecule has 2 aliphatic rings. The van der Waals surface area contributed by atoms with Crippen molar-refractivity contribution in [3.63, 3.8) is 0 Å². The molecule has 32 heavy (non-hydrogen) atoms. The van der Waals surface area contributed by atoms with Crippen molar-refractivity contribution >= 4 is 21.6 Å². The lowest BCUT2D eigenvalue weighted by Crippen LogP contribution is -2.59. The highest BCUT2D eigenvalue weighted by atomic mass is 32.2. The molecule has 0 saturated heterocycles. The van der Waals surface area contributed by atoms with Gasteiger partial charge in [-0.15, -0.1) is 0 Å². The number of nitrogens with one attached hydrogen (secondary N) is 1. The summed E-state index contributed by atoms with van der Waals surface area (Å²) in [7, 11) is -1.70. The molecule has 174 valence electrons. The van der Waals surface area contributed by atoms with Crippen molar-refractivity contribution in [1.29, 1.82) is 0 Å². The molecular weight excluding hydrogens is 450 g/mol. The van der Waals surface area contributed by atoms with Gasteiger partial charge in [0, 0.05) is 43.2 Å². The van der Waals surface area contributed by atoms with Crippen LogP contribution in [0.3, 0.4) is 0 Å². The SMILES string of the molecule is Cn1nc(NC(=O)C[C@H]2CC(F)(F)C2(F)F)c(C2CCC2)c1-c1ccc(S(C)(=O)=O)cc1. The van der Waals surface area contributed by atoms with Gasteiger partial charge in [-0.1, -0.05) is 18.6 Å². The Bertz CT molecular complexity index is 1160. The van der Waals surface area contributed by atoms with Crippen molar-refractivity contribution in [2.75, 3.05) is 11.6 Å². The van der Waals surface area contributed by atoms with Crippen molar-refractivity contribution in [2.45, 2.75) is 54.8 Å². The smallest absolute Gasteiger partial charge is 0.309 e. The maximum atomic E-state index is 13.6. The van der Waals surface area contributed by atoms with E-state index in [1.165, 1.54) is 12.1 Å². The standard InChI is InChI=1S/C21H23F4N3O3S/c1-28-18(13-6-8-15(9-7-13)32(2,30)31)17(12-4-3-5-12)19(27-28)26-16(29)10-14-11-20(22,23)21(14,24)25/h6-9,12,14H,3-5,10-11H2,1-2H3,(H,26,27,29)/t14-/m0/s1. The van der Waals surface area contributed by atoms with Gasteiger partial charge < -0.3 is 5.32 Å². The van der Waals surface area contributed by atoms with Gasteiger partial charge in [0.1, 0.15) is 0 Å². The number of alkyl halides is 4. The lowest BCUT2D eigenvalue weighted by Gasteiger charge is -2.43. The highest BCUT2D eigenvalue weighted by Crippen LogP contribution is 2.56. The molecule has 11 heteroatoms. The topological polar surface area (TPSA) is 81.1 Å². The first kappa shape index (κ1) is 22.8. The maximum absolute atomic E-state index is 13.6. The Balaban J connectivity index is 1.61. The summed E-state index contributed by atoms with van der Waals surface area (Å²) in [5.41, 5.74) is 2.12. The number of rotatable bonds is 6. The first-order chi connectivity index (χ1) is 14.8. The van der Waals surface area contributed by atoms with Crippen LogP contribution in [0.2, 0.25) is 0 Å². The van der Waals surface area contributed by atoms with Gasteiger partial charge in [0.15, 0.2) is 15.7 Å².